The quantitative estimate of drug-likeness (QED) is 0.0450. The normalized spacial score (nSPS) is 45.2. The van der Waals surface area contributed by atoms with Crippen LogP contribution in [0.5, 0.6) is 0 Å². The van der Waals surface area contributed by atoms with Crippen molar-refractivity contribution in [2.24, 2.45) is 63.6 Å². The summed E-state index contributed by atoms with van der Waals surface area (Å²) in [5.74, 6) is 0.570. The highest BCUT2D eigenvalue weighted by Gasteiger charge is 2.59. The number of epoxide rings is 7. The van der Waals surface area contributed by atoms with E-state index in [-0.39, 0.29) is 84.6 Å². The lowest BCUT2D eigenvalue weighted by atomic mass is 9.75. The number of fused-ring (bicyclic) bond motifs is 7. The first-order chi connectivity index (χ1) is 40.9. The number of esters is 6. The Kier molecular flexibility index (Phi) is 18.2. The van der Waals surface area contributed by atoms with Crippen LogP contribution in [0.3, 0.4) is 0 Å². The number of unbranched alkanes of at least 4 members (excludes halogenated alkanes) is 1. The highest BCUT2D eigenvalue weighted by atomic mass is 16.6. The van der Waals surface area contributed by atoms with E-state index in [1.54, 1.807) is 0 Å². The predicted octanol–water partition coefficient (Wildman–Crippen LogP) is 9.06. The van der Waals surface area contributed by atoms with Gasteiger partial charge in [-0.05, 0) is 192 Å². The average molecular weight is 1210 g/mol. The van der Waals surface area contributed by atoms with Gasteiger partial charge in [-0.2, -0.15) is 0 Å². The number of carbonyl (C=O) groups is 6. The Morgan fingerprint density at radius 2 is 0.814 bits per heavy atom. The topological polar surface area (TPSA) is 246 Å². The van der Waals surface area contributed by atoms with Gasteiger partial charge < -0.3 is 61.6 Å². The molecule has 14 fully saturated rings. The number of carbonyl (C=O) groups excluding carboxylic acids is 6. The largest absolute Gasteiger partial charge is 0.465 e. The lowest BCUT2D eigenvalue weighted by Gasteiger charge is -2.33. The van der Waals surface area contributed by atoms with Crippen LogP contribution in [0.4, 0.5) is 0 Å². The lowest BCUT2D eigenvalue weighted by Crippen LogP contribution is -2.39. The van der Waals surface area contributed by atoms with Gasteiger partial charge in [0.15, 0.2) is 0 Å². The molecular formula is C67H100O19. The molecule has 14 rings (SSSR count). The van der Waals surface area contributed by atoms with Crippen molar-refractivity contribution in [2.75, 3.05) is 39.6 Å². The highest BCUT2D eigenvalue weighted by Crippen LogP contribution is 2.53. The maximum atomic E-state index is 12.9. The predicted molar refractivity (Wildman–Crippen MR) is 306 cm³/mol. The Labute approximate surface area is 508 Å². The summed E-state index contributed by atoms with van der Waals surface area (Å²) < 4.78 is 73.0. The van der Waals surface area contributed by atoms with Crippen molar-refractivity contribution in [1.82, 2.24) is 0 Å². The van der Waals surface area contributed by atoms with Gasteiger partial charge in [0, 0.05) is 18.3 Å². The molecule has 0 radical (unpaired) electrons. The molecule has 19 nitrogen and oxygen atoms in total. The zero-order valence-electron chi connectivity index (χ0n) is 52.6. The molecule has 86 heavy (non-hydrogen) atoms. The third-order valence-corrected chi connectivity index (χ3v) is 22.9. The Hall–Kier alpha value is -3.46. The summed E-state index contributed by atoms with van der Waals surface area (Å²) >= 11 is 0. The third kappa shape index (κ3) is 15.5. The summed E-state index contributed by atoms with van der Waals surface area (Å²) in [7, 11) is 0. The first-order valence-electron chi connectivity index (χ1n) is 33.5. The molecule has 24 atom stereocenters. The highest BCUT2D eigenvalue weighted by molar-refractivity contribution is 5.83. The van der Waals surface area contributed by atoms with E-state index in [0.29, 0.717) is 149 Å². The first-order valence-corrected chi connectivity index (χ1v) is 33.5. The van der Waals surface area contributed by atoms with Gasteiger partial charge in [0.2, 0.25) is 0 Å². The maximum Gasteiger partial charge on any atom is 0.311 e. The Morgan fingerprint density at radius 1 is 0.430 bits per heavy atom. The molecule has 19 heteroatoms. The molecule has 24 unspecified atom stereocenters. The number of rotatable bonds is 21. The smallest absolute Gasteiger partial charge is 0.311 e. The summed E-state index contributed by atoms with van der Waals surface area (Å²) in [4.78, 5) is 75.0. The molecule has 14 aliphatic rings. The van der Waals surface area contributed by atoms with Crippen LogP contribution in [-0.4, -0.2) is 160 Å². The number of hydrogen-bond donors (Lipinski definition) is 0. The van der Waals surface area contributed by atoms with Crippen molar-refractivity contribution in [3.8, 4) is 0 Å². The minimum atomic E-state index is -0.458. The van der Waals surface area contributed by atoms with Gasteiger partial charge in [-0.1, -0.05) is 27.7 Å². The van der Waals surface area contributed by atoms with E-state index in [1.807, 2.05) is 27.7 Å². The Bertz CT molecular complexity index is 2340. The van der Waals surface area contributed by atoms with Crippen molar-refractivity contribution in [1.29, 1.82) is 0 Å². The molecular weight excluding hydrogens is 1110 g/mol. The van der Waals surface area contributed by atoms with E-state index >= 15 is 0 Å². The van der Waals surface area contributed by atoms with Crippen LogP contribution in [0.1, 0.15) is 197 Å². The van der Waals surface area contributed by atoms with Crippen molar-refractivity contribution in [2.45, 2.75) is 281 Å². The first kappa shape index (κ1) is 62.7. The average Bonchev–Trinajstić information content (AvgIpc) is 1.87. The molecule has 0 aromatic heterocycles. The van der Waals surface area contributed by atoms with Crippen molar-refractivity contribution in [3.63, 3.8) is 0 Å². The van der Waals surface area contributed by atoms with E-state index in [4.69, 9.17) is 61.6 Å². The molecule has 482 valence electrons. The van der Waals surface area contributed by atoms with Gasteiger partial charge in [-0.15, -0.1) is 0 Å². The summed E-state index contributed by atoms with van der Waals surface area (Å²) in [6.45, 7) is 18.9. The van der Waals surface area contributed by atoms with Gasteiger partial charge in [-0.25, -0.2) is 0 Å². The zero-order valence-corrected chi connectivity index (χ0v) is 52.6. The van der Waals surface area contributed by atoms with E-state index in [1.165, 1.54) is 0 Å². The fourth-order valence-electron chi connectivity index (χ4n) is 15.7. The minimum Gasteiger partial charge on any atom is -0.465 e. The number of ether oxygens (including phenoxy) is 13. The van der Waals surface area contributed by atoms with Crippen molar-refractivity contribution in [3.05, 3.63) is 0 Å². The SMILES string of the molecule is CC(C)(COC(=O)C1(C)CCC2OC2C1)COC(=O)C1(C)CCC2OC2C1.CC12CCC(COC(=O)C3CC4OC4CC3C(=O)OCC3CCC4(C)OC4C3)CC1O2.CC1CC2OC2CC1COC(=O)CCCCC(=O)OCC1CC2OC2CC1C. The van der Waals surface area contributed by atoms with Crippen LogP contribution < -0.4 is 0 Å². The van der Waals surface area contributed by atoms with Gasteiger partial charge >= 0.3 is 35.8 Å². The second-order valence-electron chi connectivity index (χ2n) is 31.0. The molecule has 7 heterocycles. The van der Waals surface area contributed by atoms with Crippen LogP contribution in [0, 0.1) is 63.6 Å². The van der Waals surface area contributed by atoms with E-state index in [0.717, 1.165) is 103 Å². The maximum absolute atomic E-state index is 12.9. The summed E-state index contributed by atoms with van der Waals surface area (Å²) in [5.41, 5.74) is -1.19. The van der Waals surface area contributed by atoms with Gasteiger partial charge in [0.05, 0.1) is 147 Å². The summed E-state index contributed by atoms with van der Waals surface area (Å²) in [6, 6.07) is 0. The molecule has 7 saturated heterocycles. The molecule has 0 amide bonds. The molecule has 0 bridgehead atoms. The monoisotopic (exact) mass is 1210 g/mol. The molecule has 7 aliphatic carbocycles. The zero-order chi connectivity index (χ0) is 60.5. The van der Waals surface area contributed by atoms with Crippen molar-refractivity contribution >= 4 is 35.8 Å². The van der Waals surface area contributed by atoms with E-state index in [2.05, 4.69) is 27.7 Å². The van der Waals surface area contributed by atoms with Crippen LogP contribution in [0.25, 0.3) is 0 Å². The number of hydrogen-bond acceptors (Lipinski definition) is 19. The molecule has 7 saturated carbocycles. The van der Waals surface area contributed by atoms with E-state index in [9.17, 15) is 28.8 Å². The van der Waals surface area contributed by atoms with E-state index < -0.39 is 28.1 Å². The van der Waals surface area contributed by atoms with Crippen LogP contribution in [0.2, 0.25) is 0 Å². The molecule has 0 spiro atoms. The van der Waals surface area contributed by atoms with Gasteiger partial charge in [-0.3, -0.25) is 28.8 Å². The van der Waals surface area contributed by atoms with Gasteiger partial charge in [0.1, 0.15) is 0 Å². The third-order valence-electron chi connectivity index (χ3n) is 22.9. The summed E-state index contributed by atoms with van der Waals surface area (Å²) in [6.07, 6.45) is 22.1. The van der Waals surface area contributed by atoms with Crippen LogP contribution >= 0.6 is 0 Å². The second-order valence-corrected chi connectivity index (χ2v) is 31.0. The van der Waals surface area contributed by atoms with Gasteiger partial charge in [0.25, 0.3) is 0 Å². The fourth-order valence-corrected chi connectivity index (χ4v) is 15.7. The second kappa shape index (κ2) is 25.0. The standard InChI is InChI=1S/C24H34O7.C22H34O6.C21H32O6/c1-23-5-3-13(7-19(23)30-23)11-27-21(25)15-9-17-18(29-17)10-16(15)22(26)28-12-14-4-6-24(2)20(8-14)31-24;1-13-7-17-19(27-17)9-15(13)11-25-21(23)5-3-4-6-22(24)26-12-16-10-20-18(28-20)8-14(16)2;1-19(2,11-24-17(22)20(3)7-5-13-15(9-20)26-13)12-25-18(23)21(4)8-6-14-16(10-21)27-14/h13-20H,3-12H2,1-2H3;13-20H,3-12H2,1-2H3;13-16H,5-12H2,1-4H3. The minimum absolute atomic E-state index is 0.0691. The van der Waals surface area contributed by atoms with Crippen LogP contribution in [0.15, 0.2) is 0 Å². The molecule has 0 aromatic rings. The molecule has 0 aromatic carbocycles. The Balaban J connectivity index is 0.000000127. The fraction of sp³-hybridized carbons (Fsp3) is 0.910. The summed E-state index contributed by atoms with van der Waals surface area (Å²) in [5, 5.41) is 0. The van der Waals surface area contributed by atoms with Crippen molar-refractivity contribution < 1.29 is 90.3 Å². The lowest BCUT2D eigenvalue weighted by molar-refractivity contribution is -0.166. The molecule has 0 N–H and O–H groups in total. The van der Waals surface area contributed by atoms with Crippen LogP contribution in [-0.2, 0) is 90.3 Å². The Morgan fingerprint density at radius 3 is 1.21 bits per heavy atom. The molecule has 7 aliphatic heterocycles.